The van der Waals surface area contributed by atoms with E-state index in [4.69, 9.17) is 4.74 Å². The average Bonchev–Trinajstić information content (AvgIpc) is 2.78. The summed E-state index contributed by atoms with van der Waals surface area (Å²) >= 11 is 0. The Morgan fingerprint density at radius 3 is 2.10 bits per heavy atom. The van der Waals surface area contributed by atoms with Crippen LogP contribution in [-0.4, -0.2) is 12.2 Å². The van der Waals surface area contributed by atoms with Gasteiger partial charge in [-0.2, -0.15) is 0 Å². The van der Waals surface area contributed by atoms with Crippen molar-refractivity contribution in [3.05, 3.63) is 82.9 Å². The Hall–Kier alpha value is -3.62. The third-order valence-electron chi connectivity index (χ3n) is 5.24. The fraction of sp³-hybridized carbons (Fsp3) is 0.185. The highest BCUT2D eigenvalue weighted by Gasteiger charge is 2.26. The number of fused-ring (bicyclic) bond motifs is 1. The zero-order valence-electron chi connectivity index (χ0n) is 16.5. The molecule has 142 valence electrons. The van der Waals surface area contributed by atoms with Crippen molar-refractivity contribution in [1.82, 2.24) is 0 Å². The van der Waals surface area contributed by atoms with Gasteiger partial charge in [0.05, 0.1) is 12.7 Å². The maximum atomic E-state index is 11.2. The molecule has 0 saturated carbocycles. The third-order valence-corrected chi connectivity index (χ3v) is 5.24. The topological polar surface area (TPSA) is 29.5 Å². The molecule has 0 aliphatic heterocycles. The lowest BCUT2D eigenvalue weighted by Gasteiger charge is -2.24. The predicted octanol–water partition coefficient (Wildman–Crippen LogP) is 5.35. The Morgan fingerprint density at radius 2 is 1.41 bits per heavy atom. The zero-order chi connectivity index (χ0) is 20.1. The number of phenolic OH excluding ortho intramolecular Hbond substituents is 1. The van der Waals surface area contributed by atoms with E-state index in [1.807, 2.05) is 60.7 Å². The zero-order valence-corrected chi connectivity index (χ0v) is 16.5. The van der Waals surface area contributed by atoms with Gasteiger partial charge in [0.2, 0.25) is 0 Å². The van der Waals surface area contributed by atoms with Crippen molar-refractivity contribution in [2.24, 2.45) is 0 Å². The maximum absolute atomic E-state index is 11.2. The van der Waals surface area contributed by atoms with E-state index in [9.17, 15) is 5.11 Å². The van der Waals surface area contributed by atoms with Crippen LogP contribution >= 0.6 is 0 Å². The Balaban J connectivity index is 1.89. The average molecular weight is 378 g/mol. The predicted molar refractivity (Wildman–Crippen MR) is 117 cm³/mol. The van der Waals surface area contributed by atoms with Crippen molar-refractivity contribution in [3.8, 4) is 46.3 Å². The molecule has 0 saturated heterocycles. The molecule has 3 aromatic carbocycles. The smallest absolute Gasteiger partial charge is 0.138 e. The van der Waals surface area contributed by atoms with Crippen LogP contribution < -0.4 is 4.74 Å². The summed E-state index contributed by atoms with van der Waals surface area (Å²) in [4.78, 5) is 0. The molecule has 0 spiro atoms. The second kappa shape index (κ2) is 8.59. The van der Waals surface area contributed by atoms with E-state index in [1.165, 1.54) is 0 Å². The van der Waals surface area contributed by atoms with Crippen LogP contribution in [0.1, 0.15) is 35.1 Å². The number of phenols is 1. The second-order valence-corrected chi connectivity index (χ2v) is 7.03. The van der Waals surface area contributed by atoms with Gasteiger partial charge in [0.1, 0.15) is 11.5 Å². The fourth-order valence-corrected chi connectivity index (χ4v) is 3.90. The van der Waals surface area contributed by atoms with Crippen LogP contribution in [0, 0.1) is 23.7 Å². The molecule has 1 aliphatic rings. The molecule has 4 rings (SSSR count). The molecule has 0 unspecified atom stereocenters. The standard InChI is InChI=1S/C27H22O2/c1-29-27-23-18-11-10-17-22(23)26(28)25(21-15-6-3-7-16-21)24(27)19-9-8-14-20-12-4-2-5-13-20/h2-7,12-13,15-16,28H,10-11,17-18H2,1H3. The van der Waals surface area contributed by atoms with E-state index >= 15 is 0 Å². The Kier molecular flexibility index (Phi) is 5.55. The molecular formula is C27H22O2. The van der Waals surface area contributed by atoms with Crippen LogP contribution in [0.4, 0.5) is 0 Å². The summed E-state index contributed by atoms with van der Waals surface area (Å²) in [5, 5.41) is 11.2. The van der Waals surface area contributed by atoms with Gasteiger partial charge in [-0.05, 0) is 61.1 Å². The normalized spacial score (nSPS) is 12.0. The summed E-state index contributed by atoms with van der Waals surface area (Å²) < 4.78 is 5.81. The highest BCUT2D eigenvalue weighted by atomic mass is 16.5. The molecule has 0 atom stereocenters. The minimum atomic E-state index is 0.326. The van der Waals surface area contributed by atoms with Crippen molar-refractivity contribution in [2.45, 2.75) is 25.7 Å². The molecule has 1 N–H and O–H groups in total. The van der Waals surface area contributed by atoms with Gasteiger partial charge in [0, 0.05) is 22.3 Å². The largest absolute Gasteiger partial charge is 0.507 e. The lowest BCUT2D eigenvalue weighted by molar-refractivity contribution is 0.400. The van der Waals surface area contributed by atoms with Crippen molar-refractivity contribution in [2.75, 3.05) is 7.11 Å². The van der Waals surface area contributed by atoms with Gasteiger partial charge in [0.15, 0.2) is 0 Å². The molecule has 2 heteroatoms. The van der Waals surface area contributed by atoms with Gasteiger partial charge in [-0.15, -0.1) is 0 Å². The van der Waals surface area contributed by atoms with Gasteiger partial charge in [0.25, 0.3) is 0 Å². The lowest BCUT2D eigenvalue weighted by Crippen LogP contribution is -2.08. The third kappa shape index (κ3) is 3.84. The van der Waals surface area contributed by atoms with E-state index in [0.29, 0.717) is 11.3 Å². The van der Waals surface area contributed by atoms with Crippen LogP contribution in [0.2, 0.25) is 0 Å². The first-order chi connectivity index (χ1) is 14.3. The van der Waals surface area contributed by atoms with Crippen LogP contribution in [0.5, 0.6) is 11.5 Å². The number of methoxy groups -OCH3 is 1. The van der Waals surface area contributed by atoms with Gasteiger partial charge in [-0.1, -0.05) is 54.5 Å². The molecule has 0 aromatic heterocycles. The first-order valence-electron chi connectivity index (χ1n) is 9.86. The Labute approximate surface area is 172 Å². The van der Waals surface area contributed by atoms with Crippen molar-refractivity contribution in [1.29, 1.82) is 0 Å². The van der Waals surface area contributed by atoms with Gasteiger partial charge < -0.3 is 9.84 Å². The highest BCUT2D eigenvalue weighted by molar-refractivity contribution is 5.83. The number of benzene rings is 3. The quantitative estimate of drug-likeness (QED) is 0.609. The van der Waals surface area contributed by atoms with Crippen molar-refractivity contribution in [3.63, 3.8) is 0 Å². The Morgan fingerprint density at radius 1 is 0.793 bits per heavy atom. The molecule has 29 heavy (non-hydrogen) atoms. The minimum absolute atomic E-state index is 0.326. The van der Waals surface area contributed by atoms with Gasteiger partial charge >= 0.3 is 0 Å². The Bertz CT molecular complexity index is 1140. The molecule has 2 nitrogen and oxygen atoms in total. The first-order valence-corrected chi connectivity index (χ1v) is 9.86. The minimum Gasteiger partial charge on any atom is -0.507 e. The summed E-state index contributed by atoms with van der Waals surface area (Å²) in [6.07, 6.45) is 3.92. The number of hydrogen-bond donors (Lipinski definition) is 1. The van der Waals surface area contributed by atoms with Gasteiger partial charge in [-0.3, -0.25) is 0 Å². The SMILES string of the molecule is COc1c(C#CC#Cc2ccccc2)c(-c2ccccc2)c(O)c2c1CCCC2. The number of aromatic hydroxyl groups is 1. The second-order valence-electron chi connectivity index (χ2n) is 7.03. The summed E-state index contributed by atoms with van der Waals surface area (Å²) in [7, 11) is 1.68. The van der Waals surface area contributed by atoms with Crippen molar-refractivity contribution >= 4 is 0 Å². The van der Waals surface area contributed by atoms with Crippen LogP contribution in [0.3, 0.4) is 0 Å². The van der Waals surface area contributed by atoms with Crippen molar-refractivity contribution < 1.29 is 9.84 Å². The highest BCUT2D eigenvalue weighted by Crippen LogP contribution is 2.46. The number of hydrogen-bond acceptors (Lipinski definition) is 2. The fourth-order valence-electron chi connectivity index (χ4n) is 3.90. The summed E-state index contributed by atoms with van der Waals surface area (Å²) in [5.74, 6) is 13.2. The molecule has 0 bridgehead atoms. The molecular weight excluding hydrogens is 356 g/mol. The maximum Gasteiger partial charge on any atom is 0.138 e. The summed E-state index contributed by atoms with van der Waals surface area (Å²) in [6, 6.07) is 19.7. The van der Waals surface area contributed by atoms with Crippen LogP contribution in [-0.2, 0) is 12.8 Å². The molecule has 3 aromatic rings. The molecule has 0 amide bonds. The molecule has 0 radical (unpaired) electrons. The lowest BCUT2D eigenvalue weighted by atomic mass is 9.84. The van der Waals surface area contributed by atoms with E-state index < -0.39 is 0 Å². The van der Waals surface area contributed by atoms with E-state index in [2.05, 4.69) is 23.7 Å². The van der Waals surface area contributed by atoms with Crippen LogP contribution in [0.15, 0.2) is 60.7 Å². The van der Waals surface area contributed by atoms with E-state index in [-0.39, 0.29) is 0 Å². The van der Waals surface area contributed by atoms with E-state index in [1.54, 1.807) is 7.11 Å². The summed E-state index contributed by atoms with van der Waals surface area (Å²) in [5.41, 5.74) is 5.36. The first kappa shape index (κ1) is 18.7. The van der Waals surface area contributed by atoms with E-state index in [0.717, 1.165) is 59.3 Å². The number of ether oxygens (including phenoxy) is 1. The van der Waals surface area contributed by atoms with Crippen LogP contribution in [0.25, 0.3) is 11.1 Å². The monoisotopic (exact) mass is 378 g/mol. The molecule has 0 fully saturated rings. The number of rotatable bonds is 2. The molecule has 0 heterocycles. The van der Waals surface area contributed by atoms with Gasteiger partial charge in [-0.25, -0.2) is 0 Å². The summed E-state index contributed by atoms with van der Waals surface area (Å²) in [6.45, 7) is 0. The molecule has 1 aliphatic carbocycles.